The number of thioether (sulfide) groups is 1. The molecule has 0 aromatic carbocycles. The van der Waals surface area contributed by atoms with E-state index in [9.17, 15) is 9.59 Å². The molecule has 1 fully saturated rings. The first-order chi connectivity index (χ1) is 7.99. The molecule has 0 unspecified atom stereocenters. The van der Waals surface area contributed by atoms with Crippen LogP contribution in [0.2, 0.25) is 0 Å². The Hall–Kier alpha value is -0.590. The van der Waals surface area contributed by atoms with Crippen LogP contribution in [0, 0.1) is 0 Å². The van der Waals surface area contributed by atoms with Crippen molar-refractivity contribution in [1.82, 2.24) is 4.90 Å². The lowest BCUT2D eigenvalue weighted by Crippen LogP contribution is -2.34. The summed E-state index contributed by atoms with van der Waals surface area (Å²) in [6, 6.07) is 3.74. The first kappa shape index (κ1) is 12.9. The molecule has 6 heteroatoms. The van der Waals surface area contributed by atoms with E-state index in [2.05, 4.69) is 15.9 Å². The molecule has 0 radical (unpaired) electrons. The lowest BCUT2D eigenvalue weighted by atomic mass is 10.3. The summed E-state index contributed by atoms with van der Waals surface area (Å²) in [7, 11) is 0. The lowest BCUT2D eigenvalue weighted by molar-refractivity contribution is -0.123. The number of hydrogen-bond acceptors (Lipinski definition) is 4. The van der Waals surface area contributed by atoms with Crippen LogP contribution < -0.4 is 0 Å². The summed E-state index contributed by atoms with van der Waals surface area (Å²) in [5.41, 5.74) is 0. The molecule has 17 heavy (non-hydrogen) atoms. The first-order valence-electron chi connectivity index (χ1n) is 5.01. The fourth-order valence-corrected chi connectivity index (χ4v) is 3.85. The van der Waals surface area contributed by atoms with Gasteiger partial charge in [0.05, 0.1) is 8.69 Å². The summed E-state index contributed by atoms with van der Waals surface area (Å²) in [4.78, 5) is 26.4. The van der Waals surface area contributed by atoms with Gasteiger partial charge in [-0.05, 0) is 59.7 Å². The van der Waals surface area contributed by atoms with Gasteiger partial charge in [-0.25, -0.2) is 0 Å². The molecule has 1 aliphatic heterocycles. The summed E-state index contributed by atoms with van der Waals surface area (Å²) < 4.78 is 1.01. The number of halogens is 1. The SMILES string of the molecule is CC(C)N1C(=O)SC(=Cc2ccc(Br)s2)C1=O. The minimum absolute atomic E-state index is 0.0940. The highest BCUT2D eigenvalue weighted by Gasteiger charge is 2.36. The minimum atomic E-state index is -0.195. The number of nitrogens with zero attached hydrogens (tertiary/aromatic N) is 1. The van der Waals surface area contributed by atoms with E-state index in [-0.39, 0.29) is 17.2 Å². The van der Waals surface area contributed by atoms with Crippen LogP contribution in [0.25, 0.3) is 6.08 Å². The van der Waals surface area contributed by atoms with Crippen molar-refractivity contribution in [2.45, 2.75) is 19.9 Å². The monoisotopic (exact) mass is 331 g/mol. The van der Waals surface area contributed by atoms with E-state index in [1.165, 1.54) is 16.2 Å². The van der Waals surface area contributed by atoms with E-state index in [1.54, 1.807) is 6.08 Å². The van der Waals surface area contributed by atoms with Gasteiger partial charge < -0.3 is 0 Å². The molecule has 90 valence electrons. The standard InChI is InChI=1S/C11H10BrNO2S2/c1-6(2)13-10(14)8(17-11(13)15)5-7-3-4-9(12)16-7/h3-6H,1-2H3. The molecular formula is C11H10BrNO2S2. The second-order valence-electron chi connectivity index (χ2n) is 3.79. The number of amides is 2. The Bertz CT molecular complexity index is 507. The summed E-state index contributed by atoms with van der Waals surface area (Å²) >= 11 is 5.90. The Kier molecular flexibility index (Phi) is 3.75. The zero-order chi connectivity index (χ0) is 12.6. The van der Waals surface area contributed by atoms with E-state index < -0.39 is 0 Å². The zero-order valence-electron chi connectivity index (χ0n) is 9.27. The van der Waals surface area contributed by atoms with Gasteiger partial charge in [0.2, 0.25) is 0 Å². The molecule has 1 saturated heterocycles. The fourth-order valence-electron chi connectivity index (χ4n) is 1.46. The molecule has 2 rings (SSSR count). The van der Waals surface area contributed by atoms with Crippen LogP contribution in [-0.2, 0) is 4.79 Å². The summed E-state index contributed by atoms with van der Waals surface area (Å²) in [5, 5.41) is -0.188. The molecule has 0 N–H and O–H groups in total. The molecule has 0 aliphatic carbocycles. The first-order valence-corrected chi connectivity index (χ1v) is 7.44. The average molecular weight is 332 g/mol. The van der Waals surface area contributed by atoms with E-state index in [1.807, 2.05) is 26.0 Å². The average Bonchev–Trinajstić information content (AvgIpc) is 2.73. The molecule has 0 atom stereocenters. The number of imide groups is 1. The van der Waals surface area contributed by atoms with Gasteiger partial charge in [0.1, 0.15) is 0 Å². The lowest BCUT2D eigenvalue weighted by Gasteiger charge is -2.16. The van der Waals surface area contributed by atoms with Gasteiger partial charge in [-0.3, -0.25) is 14.5 Å². The number of carbonyl (C=O) groups excluding carboxylic acids is 2. The third kappa shape index (κ3) is 2.64. The molecule has 0 bridgehead atoms. The molecule has 2 heterocycles. The van der Waals surface area contributed by atoms with Crippen molar-refractivity contribution in [2.24, 2.45) is 0 Å². The van der Waals surface area contributed by atoms with E-state index in [0.29, 0.717) is 4.91 Å². The molecule has 1 aromatic heterocycles. The van der Waals surface area contributed by atoms with Gasteiger partial charge in [0, 0.05) is 10.9 Å². The second-order valence-corrected chi connectivity index (χ2v) is 7.28. The number of hydrogen-bond donors (Lipinski definition) is 0. The van der Waals surface area contributed by atoms with Crippen LogP contribution >= 0.6 is 39.0 Å². The highest BCUT2D eigenvalue weighted by molar-refractivity contribution is 9.11. The molecular weight excluding hydrogens is 322 g/mol. The van der Waals surface area contributed by atoms with Gasteiger partial charge in [0.15, 0.2) is 0 Å². The van der Waals surface area contributed by atoms with Gasteiger partial charge in [-0.15, -0.1) is 11.3 Å². The molecule has 1 aromatic rings. The second kappa shape index (κ2) is 4.96. The fraction of sp³-hybridized carbons (Fsp3) is 0.273. The predicted octanol–water partition coefficient (Wildman–Crippen LogP) is 3.96. The van der Waals surface area contributed by atoms with Gasteiger partial charge in [0.25, 0.3) is 11.1 Å². The maximum Gasteiger partial charge on any atom is 0.293 e. The molecule has 1 aliphatic rings. The van der Waals surface area contributed by atoms with Crippen molar-refractivity contribution < 1.29 is 9.59 Å². The number of carbonyl (C=O) groups is 2. The normalized spacial score (nSPS) is 18.8. The van der Waals surface area contributed by atoms with E-state index >= 15 is 0 Å². The minimum Gasteiger partial charge on any atom is -0.268 e. The Labute approximate surface area is 116 Å². The number of rotatable bonds is 2. The zero-order valence-corrected chi connectivity index (χ0v) is 12.5. The topological polar surface area (TPSA) is 37.4 Å². The maximum absolute atomic E-state index is 12.0. The van der Waals surface area contributed by atoms with Crippen molar-refractivity contribution in [1.29, 1.82) is 0 Å². The Morgan fingerprint density at radius 2 is 2.06 bits per heavy atom. The summed E-state index contributed by atoms with van der Waals surface area (Å²) in [6.45, 7) is 3.67. The Morgan fingerprint density at radius 3 is 2.53 bits per heavy atom. The van der Waals surface area contributed by atoms with Crippen LogP contribution in [0.4, 0.5) is 4.79 Å². The highest BCUT2D eigenvalue weighted by Crippen LogP contribution is 2.35. The van der Waals surface area contributed by atoms with E-state index in [0.717, 1.165) is 20.4 Å². The molecule has 0 saturated carbocycles. The summed E-state index contributed by atoms with van der Waals surface area (Å²) in [6.07, 6.45) is 1.77. The van der Waals surface area contributed by atoms with Crippen molar-refractivity contribution in [3.63, 3.8) is 0 Å². The largest absolute Gasteiger partial charge is 0.293 e. The van der Waals surface area contributed by atoms with Crippen molar-refractivity contribution in [2.75, 3.05) is 0 Å². The maximum atomic E-state index is 12.0. The van der Waals surface area contributed by atoms with Crippen molar-refractivity contribution in [3.8, 4) is 0 Å². The Balaban J connectivity index is 2.28. The van der Waals surface area contributed by atoms with Crippen molar-refractivity contribution >= 4 is 56.3 Å². The van der Waals surface area contributed by atoms with Crippen LogP contribution in [0.3, 0.4) is 0 Å². The molecule has 0 spiro atoms. The number of thiophene rings is 1. The molecule has 2 amide bonds. The van der Waals surface area contributed by atoms with Crippen molar-refractivity contribution in [3.05, 3.63) is 25.7 Å². The van der Waals surface area contributed by atoms with Crippen LogP contribution in [-0.4, -0.2) is 22.1 Å². The Morgan fingerprint density at radius 1 is 1.35 bits per heavy atom. The van der Waals surface area contributed by atoms with Crippen LogP contribution in [0.5, 0.6) is 0 Å². The third-order valence-electron chi connectivity index (χ3n) is 2.21. The highest BCUT2D eigenvalue weighted by atomic mass is 79.9. The summed E-state index contributed by atoms with van der Waals surface area (Å²) in [5.74, 6) is -0.195. The third-order valence-corrected chi connectivity index (χ3v) is 4.66. The quantitative estimate of drug-likeness (QED) is 0.770. The smallest absolute Gasteiger partial charge is 0.268 e. The predicted molar refractivity (Wildman–Crippen MR) is 75.0 cm³/mol. The van der Waals surface area contributed by atoms with Gasteiger partial charge in [-0.1, -0.05) is 0 Å². The van der Waals surface area contributed by atoms with Gasteiger partial charge in [-0.2, -0.15) is 0 Å². The molecule has 3 nitrogen and oxygen atoms in total. The van der Waals surface area contributed by atoms with Crippen LogP contribution in [0.15, 0.2) is 20.8 Å². The van der Waals surface area contributed by atoms with Gasteiger partial charge >= 0.3 is 0 Å². The van der Waals surface area contributed by atoms with Crippen LogP contribution in [0.1, 0.15) is 18.7 Å². The van der Waals surface area contributed by atoms with E-state index in [4.69, 9.17) is 0 Å².